The molecule has 94 valence electrons. The van der Waals surface area contributed by atoms with Crippen LogP contribution in [0.3, 0.4) is 0 Å². The smallest absolute Gasteiger partial charge is 0.0657 e. The highest BCUT2D eigenvalue weighted by atomic mass is 127. The minimum atomic E-state index is 0.268. The van der Waals surface area contributed by atoms with Gasteiger partial charge in [0.15, 0.2) is 0 Å². The van der Waals surface area contributed by atoms with Crippen LogP contribution in [0.25, 0.3) is 0 Å². The van der Waals surface area contributed by atoms with E-state index >= 15 is 0 Å². The standard InChI is InChI=1S/C16H16BrI/c1-10-7-8-13(12(3)9-10)15(17)14-6-4-5-11(2)16(14)18/h4-9,15H,1-3H3. The van der Waals surface area contributed by atoms with Gasteiger partial charge in [0.2, 0.25) is 0 Å². The molecule has 0 nitrogen and oxygen atoms in total. The number of alkyl halides is 1. The van der Waals surface area contributed by atoms with Crippen LogP contribution in [0.5, 0.6) is 0 Å². The predicted molar refractivity (Wildman–Crippen MR) is 90.6 cm³/mol. The Morgan fingerprint density at radius 3 is 2.33 bits per heavy atom. The van der Waals surface area contributed by atoms with Crippen LogP contribution in [0, 0.1) is 24.3 Å². The molecule has 18 heavy (non-hydrogen) atoms. The van der Waals surface area contributed by atoms with Gasteiger partial charge in [-0.3, -0.25) is 0 Å². The molecule has 1 unspecified atom stereocenters. The Balaban J connectivity index is 2.48. The van der Waals surface area contributed by atoms with E-state index in [-0.39, 0.29) is 4.83 Å². The molecule has 2 aromatic rings. The van der Waals surface area contributed by atoms with Gasteiger partial charge >= 0.3 is 0 Å². The van der Waals surface area contributed by atoms with Crippen LogP contribution in [0.4, 0.5) is 0 Å². The first-order chi connectivity index (χ1) is 8.50. The van der Waals surface area contributed by atoms with Crippen molar-refractivity contribution in [1.82, 2.24) is 0 Å². The zero-order valence-electron chi connectivity index (χ0n) is 10.8. The zero-order valence-corrected chi connectivity index (χ0v) is 14.5. The molecule has 0 aliphatic carbocycles. The van der Waals surface area contributed by atoms with Crippen LogP contribution in [-0.2, 0) is 0 Å². The summed E-state index contributed by atoms with van der Waals surface area (Å²) in [6.45, 7) is 6.47. The van der Waals surface area contributed by atoms with Gasteiger partial charge in [-0.1, -0.05) is 57.9 Å². The number of benzene rings is 2. The lowest BCUT2D eigenvalue weighted by atomic mass is 9.98. The summed E-state index contributed by atoms with van der Waals surface area (Å²) in [5.74, 6) is 0. The first-order valence-electron chi connectivity index (χ1n) is 5.97. The summed E-state index contributed by atoms with van der Waals surface area (Å²) < 4.78 is 1.34. The SMILES string of the molecule is Cc1ccc(C(Br)c2cccc(C)c2I)c(C)c1. The van der Waals surface area contributed by atoms with Crippen LogP contribution in [0.2, 0.25) is 0 Å². The third-order valence-corrected chi connectivity index (χ3v) is 5.65. The maximum absolute atomic E-state index is 3.85. The van der Waals surface area contributed by atoms with E-state index in [2.05, 4.69) is 95.7 Å². The molecule has 0 saturated carbocycles. The first kappa shape index (κ1) is 14.1. The number of hydrogen-bond donors (Lipinski definition) is 0. The summed E-state index contributed by atoms with van der Waals surface area (Å²) in [5.41, 5.74) is 6.69. The molecule has 0 aliphatic rings. The molecule has 0 saturated heterocycles. The molecule has 2 aromatic carbocycles. The molecule has 0 fully saturated rings. The van der Waals surface area contributed by atoms with Gasteiger partial charge in [-0.15, -0.1) is 0 Å². The lowest BCUT2D eigenvalue weighted by Crippen LogP contribution is -2.00. The van der Waals surface area contributed by atoms with E-state index in [9.17, 15) is 0 Å². The summed E-state index contributed by atoms with van der Waals surface area (Å²) in [5, 5.41) is 0. The molecule has 0 aromatic heterocycles. The van der Waals surface area contributed by atoms with Crippen molar-refractivity contribution in [3.8, 4) is 0 Å². The highest BCUT2D eigenvalue weighted by Gasteiger charge is 2.16. The number of aryl methyl sites for hydroxylation is 3. The van der Waals surface area contributed by atoms with E-state index in [1.807, 2.05) is 0 Å². The van der Waals surface area contributed by atoms with E-state index in [0.29, 0.717) is 0 Å². The molecule has 0 aliphatic heterocycles. The summed E-state index contributed by atoms with van der Waals surface area (Å²) in [6, 6.07) is 13.1. The Morgan fingerprint density at radius 1 is 0.944 bits per heavy atom. The average molecular weight is 415 g/mol. The van der Waals surface area contributed by atoms with Crippen molar-refractivity contribution < 1.29 is 0 Å². The van der Waals surface area contributed by atoms with Crippen molar-refractivity contribution in [2.24, 2.45) is 0 Å². The van der Waals surface area contributed by atoms with E-state index < -0.39 is 0 Å². The monoisotopic (exact) mass is 414 g/mol. The topological polar surface area (TPSA) is 0 Å². The summed E-state index contributed by atoms with van der Waals surface area (Å²) in [6.07, 6.45) is 0. The van der Waals surface area contributed by atoms with Gasteiger partial charge in [0.1, 0.15) is 0 Å². The van der Waals surface area contributed by atoms with E-state index in [1.165, 1.54) is 31.4 Å². The normalized spacial score (nSPS) is 12.5. The third-order valence-electron chi connectivity index (χ3n) is 3.19. The molecule has 2 heteroatoms. The third kappa shape index (κ3) is 2.80. The van der Waals surface area contributed by atoms with E-state index in [4.69, 9.17) is 0 Å². The summed E-state index contributed by atoms with van der Waals surface area (Å²) >= 11 is 6.28. The Labute approximate surface area is 131 Å². The minimum Gasteiger partial charge on any atom is -0.0786 e. The lowest BCUT2D eigenvalue weighted by Gasteiger charge is -2.16. The average Bonchev–Trinajstić information content (AvgIpc) is 2.32. The van der Waals surface area contributed by atoms with Crippen LogP contribution >= 0.6 is 38.5 Å². The maximum Gasteiger partial charge on any atom is 0.0657 e. The molecule has 0 radical (unpaired) electrons. The summed E-state index contributed by atoms with van der Waals surface area (Å²) in [7, 11) is 0. The van der Waals surface area contributed by atoms with E-state index in [0.717, 1.165) is 0 Å². The van der Waals surface area contributed by atoms with Crippen molar-refractivity contribution in [3.63, 3.8) is 0 Å². The van der Waals surface area contributed by atoms with Crippen molar-refractivity contribution in [1.29, 1.82) is 0 Å². The van der Waals surface area contributed by atoms with Gasteiger partial charge in [0.05, 0.1) is 4.83 Å². The van der Waals surface area contributed by atoms with Gasteiger partial charge in [-0.2, -0.15) is 0 Å². The van der Waals surface area contributed by atoms with Gasteiger partial charge < -0.3 is 0 Å². The van der Waals surface area contributed by atoms with Crippen LogP contribution in [-0.4, -0.2) is 0 Å². The molecule has 1 atom stereocenters. The van der Waals surface area contributed by atoms with Crippen LogP contribution in [0.1, 0.15) is 32.6 Å². The predicted octanol–water partition coefficient (Wildman–Crippen LogP) is 5.70. The fraction of sp³-hybridized carbons (Fsp3) is 0.250. The minimum absolute atomic E-state index is 0.268. The Kier molecular flexibility index (Phi) is 4.49. The second-order valence-electron chi connectivity index (χ2n) is 4.70. The zero-order chi connectivity index (χ0) is 13.3. The van der Waals surface area contributed by atoms with Crippen LogP contribution in [0.15, 0.2) is 36.4 Å². The number of rotatable bonds is 2. The molecule has 0 N–H and O–H groups in total. The summed E-state index contributed by atoms with van der Waals surface area (Å²) in [4.78, 5) is 0.268. The van der Waals surface area contributed by atoms with Crippen molar-refractivity contribution in [3.05, 3.63) is 67.8 Å². The van der Waals surface area contributed by atoms with Crippen molar-refractivity contribution in [2.75, 3.05) is 0 Å². The number of hydrogen-bond acceptors (Lipinski definition) is 0. The maximum atomic E-state index is 3.85. The molecule has 0 spiro atoms. The van der Waals surface area contributed by atoms with Crippen LogP contribution < -0.4 is 0 Å². The van der Waals surface area contributed by atoms with Crippen molar-refractivity contribution in [2.45, 2.75) is 25.6 Å². The van der Waals surface area contributed by atoms with E-state index in [1.54, 1.807) is 0 Å². The second-order valence-corrected chi connectivity index (χ2v) is 6.70. The number of halogens is 2. The largest absolute Gasteiger partial charge is 0.0786 e. The molecular weight excluding hydrogens is 399 g/mol. The molecule has 0 bridgehead atoms. The Hall–Kier alpha value is -0.350. The van der Waals surface area contributed by atoms with Gasteiger partial charge in [-0.05, 0) is 65.6 Å². The molecular formula is C16H16BrI. The molecule has 2 rings (SSSR count). The highest BCUT2D eigenvalue weighted by molar-refractivity contribution is 14.1. The van der Waals surface area contributed by atoms with Gasteiger partial charge in [0, 0.05) is 3.57 Å². The second kappa shape index (κ2) is 5.74. The Morgan fingerprint density at radius 2 is 1.67 bits per heavy atom. The Bertz CT molecular complexity index is 575. The fourth-order valence-corrected chi connectivity index (χ4v) is 4.14. The molecule has 0 heterocycles. The van der Waals surface area contributed by atoms with Crippen molar-refractivity contribution >= 4 is 38.5 Å². The quantitative estimate of drug-likeness (QED) is 0.436. The molecule has 0 amide bonds. The fourth-order valence-electron chi connectivity index (χ4n) is 2.14. The first-order valence-corrected chi connectivity index (χ1v) is 7.96. The van der Waals surface area contributed by atoms with Gasteiger partial charge in [0.25, 0.3) is 0 Å². The highest BCUT2D eigenvalue weighted by Crippen LogP contribution is 2.36. The van der Waals surface area contributed by atoms with Gasteiger partial charge in [-0.25, -0.2) is 0 Å². The lowest BCUT2D eigenvalue weighted by molar-refractivity contribution is 1.11.